The molecule has 0 bridgehead atoms. The van der Waals surface area contributed by atoms with Gasteiger partial charge in [-0.3, -0.25) is 0 Å². The van der Waals surface area contributed by atoms with Gasteiger partial charge in [-0.05, 0) is 50.1 Å². The van der Waals surface area contributed by atoms with Crippen molar-refractivity contribution in [3.63, 3.8) is 0 Å². The Balaban J connectivity index is 2.10. The van der Waals surface area contributed by atoms with Crippen molar-refractivity contribution in [1.29, 1.82) is 0 Å². The van der Waals surface area contributed by atoms with E-state index in [-0.39, 0.29) is 5.97 Å². The summed E-state index contributed by atoms with van der Waals surface area (Å²) in [5.74, 6) is 0.305. The topological polar surface area (TPSA) is 48.4 Å². The number of pyridine rings is 1. The third-order valence-electron chi connectivity index (χ3n) is 2.25. The van der Waals surface area contributed by atoms with Crippen molar-refractivity contribution < 1.29 is 14.3 Å². The summed E-state index contributed by atoms with van der Waals surface area (Å²) in [6.07, 6.45) is 1.67. The summed E-state index contributed by atoms with van der Waals surface area (Å²) < 4.78 is 11.8. The molecule has 0 aliphatic rings. The average Bonchev–Trinajstić information content (AvgIpc) is 2.78. The smallest absolute Gasteiger partial charge is 0.348 e. The Hall–Kier alpha value is -0.920. The number of aromatic nitrogens is 1. The van der Waals surface area contributed by atoms with Crippen LogP contribution in [0.25, 0.3) is 0 Å². The van der Waals surface area contributed by atoms with E-state index in [9.17, 15) is 4.79 Å². The highest BCUT2D eigenvalue weighted by molar-refractivity contribution is 9.11. The van der Waals surface area contributed by atoms with Crippen LogP contribution >= 0.6 is 43.2 Å². The van der Waals surface area contributed by atoms with Crippen LogP contribution in [-0.4, -0.2) is 18.1 Å². The largest absolute Gasteiger partial charge is 0.486 e. The molecule has 0 saturated heterocycles. The van der Waals surface area contributed by atoms with Gasteiger partial charge >= 0.3 is 5.97 Å². The van der Waals surface area contributed by atoms with Gasteiger partial charge in [-0.25, -0.2) is 9.78 Å². The number of rotatable bonds is 4. The maximum atomic E-state index is 11.4. The number of thiophene rings is 1. The van der Waals surface area contributed by atoms with E-state index >= 15 is 0 Å². The van der Waals surface area contributed by atoms with Crippen LogP contribution in [0.1, 0.15) is 15.2 Å². The van der Waals surface area contributed by atoms with Crippen LogP contribution in [0, 0.1) is 0 Å². The third kappa shape index (κ3) is 3.55. The van der Waals surface area contributed by atoms with Gasteiger partial charge in [0.1, 0.15) is 16.1 Å². The van der Waals surface area contributed by atoms with E-state index in [0.29, 0.717) is 21.8 Å². The molecule has 0 radical (unpaired) electrons. The lowest BCUT2D eigenvalue weighted by atomic mass is 10.3. The monoisotopic (exact) mass is 405 g/mol. The second-order valence-electron chi connectivity index (χ2n) is 3.48. The predicted octanol–water partition coefficient (Wildman–Crippen LogP) is 4.03. The van der Waals surface area contributed by atoms with Gasteiger partial charge in [-0.2, -0.15) is 0 Å². The SMILES string of the molecule is COC(=O)c1cc(COc2cccnc2Br)c(Br)s1. The number of carbonyl (C=O) groups is 1. The first-order valence-corrected chi connectivity index (χ1v) is 7.62. The fourth-order valence-electron chi connectivity index (χ4n) is 1.34. The van der Waals surface area contributed by atoms with E-state index in [1.165, 1.54) is 18.4 Å². The summed E-state index contributed by atoms with van der Waals surface area (Å²) in [5.41, 5.74) is 0.890. The minimum Gasteiger partial charge on any atom is -0.486 e. The van der Waals surface area contributed by atoms with E-state index in [2.05, 4.69) is 41.6 Å². The summed E-state index contributed by atoms with van der Waals surface area (Å²) in [5, 5.41) is 0. The molecule has 2 rings (SSSR count). The Labute approximate surface area is 131 Å². The maximum Gasteiger partial charge on any atom is 0.348 e. The standard InChI is InChI=1S/C12H9Br2NO3S/c1-17-12(16)9-5-7(11(14)19-9)6-18-8-3-2-4-15-10(8)13/h2-5H,6H2,1H3. The number of nitrogens with zero attached hydrogens (tertiary/aromatic N) is 1. The Morgan fingerprint density at radius 3 is 2.95 bits per heavy atom. The van der Waals surface area contributed by atoms with Crippen molar-refractivity contribution in [2.45, 2.75) is 6.61 Å². The molecule has 0 fully saturated rings. The highest BCUT2D eigenvalue weighted by Crippen LogP contribution is 2.30. The molecule has 0 aliphatic heterocycles. The van der Waals surface area contributed by atoms with Crippen molar-refractivity contribution in [3.05, 3.63) is 43.2 Å². The van der Waals surface area contributed by atoms with Crippen LogP contribution in [0.2, 0.25) is 0 Å². The first kappa shape index (κ1) is 14.5. The molecule has 0 saturated carbocycles. The zero-order valence-corrected chi connectivity index (χ0v) is 13.8. The van der Waals surface area contributed by atoms with E-state index in [1.807, 2.05) is 6.07 Å². The molecule has 0 unspecified atom stereocenters. The molecule has 0 spiro atoms. The average molecular weight is 407 g/mol. The second-order valence-corrected chi connectivity index (χ2v) is 6.60. The van der Waals surface area contributed by atoms with E-state index < -0.39 is 0 Å². The van der Waals surface area contributed by atoms with Gasteiger partial charge in [0.15, 0.2) is 5.75 Å². The fraction of sp³-hybridized carbons (Fsp3) is 0.167. The van der Waals surface area contributed by atoms with Crippen LogP contribution < -0.4 is 4.74 Å². The number of ether oxygens (including phenoxy) is 2. The Kier molecular flexibility index (Phi) is 4.95. The van der Waals surface area contributed by atoms with Crippen molar-refractivity contribution >= 4 is 49.2 Å². The molecule has 0 N–H and O–H groups in total. The lowest BCUT2D eigenvalue weighted by Gasteiger charge is -2.06. The molecule has 100 valence electrons. The summed E-state index contributed by atoms with van der Waals surface area (Å²) >= 11 is 8.04. The number of carbonyl (C=O) groups excluding carboxylic acids is 1. The molecular formula is C12H9Br2NO3S. The summed E-state index contributed by atoms with van der Waals surface area (Å²) in [7, 11) is 1.36. The number of esters is 1. The van der Waals surface area contributed by atoms with E-state index in [4.69, 9.17) is 4.74 Å². The quantitative estimate of drug-likeness (QED) is 0.568. The molecule has 2 aromatic rings. The molecule has 0 aliphatic carbocycles. The molecule has 2 heterocycles. The zero-order chi connectivity index (χ0) is 13.8. The minimum atomic E-state index is -0.348. The lowest BCUT2D eigenvalue weighted by Crippen LogP contribution is -1.98. The molecule has 7 heteroatoms. The zero-order valence-electron chi connectivity index (χ0n) is 9.85. The summed E-state index contributed by atoms with van der Waals surface area (Å²) in [4.78, 5) is 16.0. The van der Waals surface area contributed by atoms with Crippen molar-refractivity contribution in [2.75, 3.05) is 7.11 Å². The third-order valence-corrected chi connectivity index (χ3v) is 4.79. The van der Waals surface area contributed by atoms with Crippen LogP contribution in [0.4, 0.5) is 0 Å². The molecule has 0 atom stereocenters. The van der Waals surface area contributed by atoms with Crippen molar-refractivity contribution in [2.24, 2.45) is 0 Å². The summed E-state index contributed by atoms with van der Waals surface area (Å²) in [6.45, 7) is 0.346. The van der Waals surface area contributed by atoms with Gasteiger partial charge in [0.25, 0.3) is 0 Å². The van der Waals surface area contributed by atoms with Crippen molar-refractivity contribution in [3.8, 4) is 5.75 Å². The van der Waals surface area contributed by atoms with E-state index in [1.54, 1.807) is 18.3 Å². The van der Waals surface area contributed by atoms with Gasteiger partial charge in [0.2, 0.25) is 0 Å². The highest BCUT2D eigenvalue weighted by atomic mass is 79.9. The normalized spacial score (nSPS) is 10.3. The van der Waals surface area contributed by atoms with Gasteiger partial charge < -0.3 is 9.47 Å². The van der Waals surface area contributed by atoms with E-state index in [0.717, 1.165) is 9.35 Å². The fourth-order valence-corrected chi connectivity index (χ4v) is 3.27. The lowest BCUT2D eigenvalue weighted by molar-refractivity contribution is 0.0606. The van der Waals surface area contributed by atoms with Crippen LogP contribution in [0.3, 0.4) is 0 Å². The highest BCUT2D eigenvalue weighted by Gasteiger charge is 2.14. The number of methoxy groups -OCH3 is 1. The van der Waals surface area contributed by atoms with Gasteiger partial charge in [0, 0.05) is 11.8 Å². The number of halogens is 2. The number of hydrogen-bond acceptors (Lipinski definition) is 5. The Morgan fingerprint density at radius 1 is 1.47 bits per heavy atom. The number of hydrogen-bond donors (Lipinski definition) is 0. The van der Waals surface area contributed by atoms with Gasteiger partial charge in [-0.15, -0.1) is 11.3 Å². The molecule has 0 amide bonds. The molecule has 0 aromatic carbocycles. The van der Waals surface area contributed by atoms with Crippen LogP contribution in [0.5, 0.6) is 5.75 Å². The Morgan fingerprint density at radius 2 is 2.26 bits per heavy atom. The van der Waals surface area contributed by atoms with Crippen molar-refractivity contribution in [1.82, 2.24) is 4.98 Å². The Bertz CT molecular complexity index is 600. The first-order chi connectivity index (χ1) is 9.11. The molecule has 4 nitrogen and oxygen atoms in total. The summed E-state index contributed by atoms with van der Waals surface area (Å²) in [6, 6.07) is 5.37. The molecular weight excluding hydrogens is 398 g/mol. The van der Waals surface area contributed by atoms with Crippen LogP contribution in [-0.2, 0) is 11.3 Å². The van der Waals surface area contributed by atoms with Gasteiger partial charge in [0.05, 0.1) is 10.9 Å². The molecule has 19 heavy (non-hydrogen) atoms. The maximum absolute atomic E-state index is 11.4. The minimum absolute atomic E-state index is 0.346. The first-order valence-electron chi connectivity index (χ1n) is 5.21. The second kappa shape index (κ2) is 6.49. The van der Waals surface area contributed by atoms with Crippen LogP contribution in [0.15, 0.2) is 32.8 Å². The predicted molar refractivity (Wildman–Crippen MR) is 79.6 cm³/mol. The molecule has 2 aromatic heterocycles. The van der Waals surface area contributed by atoms with Gasteiger partial charge in [-0.1, -0.05) is 0 Å².